The van der Waals surface area contributed by atoms with Crippen molar-refractivity contribution >= 4 is 51.6 Å². The quantitative estimate of drug-likeness (QED) is 0.242. The molecule has 0 aromatic heterocycles. The molecule has 1 fully saturated rings. The second kappa shape index (κ2) is 10.4. The van der Waals surface area contributed by atoms with Gasteiger partial charge in [-0.05, 0) is 81.7 Å². The van der Waals surface area contributed by atoms with Crippen LogP contribution < -0.4 is 9.47 Å². The number of amides is 2. The van der Waals surface area contributed by atoms with Crippen molar-refractivity contribution in [2.45, 2.75) is 20.1 Å². The SMILES string of the molecule is COc1cc(/C=C2\SC(=O)N(Cc3ccccc3C)C2=O)cc(I)c1OCc1ccccc1. The number of nitrogens with zero attached hydrogens (tertiary/aromatic N) is 1. The van der Waals surface area contributed by atoms with E-state index in [4.69, 9.17) is 9.47 Å². The predicted molar refractivity (Wildman–Crippen MR) is 139 cm³/mol. The molecule has 3 aromatic carbocycles. The van der Waals surface area contributed by atoms with E-state index in [1.807, 2.05) is 73.7 Å². The maximum Gasteiger partial charge on any atom is 0.293 e. The van der Waals surface area contributed by atoms with Crippen molar-refractivity contribution < 1.29 is 19.1 Å². The zero-order chi connectivity index (χ0) is 23.4. The number of methoxy groups -OCH3 is 1. The smallest absolute Gasteiger partial charge is 0.293 e. The molecule has 1 saturated heterocycles. The number of benzene rings is 3. The van der Waals surface area contributed by atoms with Gasteiger partial charge in [-0.15, -0.1) is 0 Å². The van der Waals surface area contributed by atoms with Crippen molar-refractivity contribution in [2.24, 2.45) is 0 Å². The van der Waals surface area contributed by atoms with Gasteiger partial charge in [0.25, 0.3) is 11.1 Å². The molecule has 1 aliphatic heterocycles. The van der Waals surface area contributed by atoms with E-state index in [-0.39, 0.29) is 17.7 Å². The zero-order valence-electron chi connectivity index (χ0n) is 18.2. The average molecular weight is 571 g/mol. The summed E-state index contributed by atoms with van der Waals surface area (Å²) < 4.78 is 12.4. The number of carbonyl (C=O) groups is 2. The summed E-state index contributed by atoms with van der Waals surface area (Å²) in [6.07, 6.45) is 1.73. The molecular weight excluding hydrogens is 549 g/mol. The third kappa shape index (κ3) is 5.42. The van der Waals surface area contributed by atoms with Crippen LogP contribution in [0.25, 0.3) is 6.08 Å². The number of imide groups is 1. The van der Waals surface area contributed by atoms with Gasteiger partial charge in [-0.2, -0.15) is 0 Å². The summed E-state index contributed by atoms with van der Waals surface area (Å²) in [6, 6.07) is 21.4. The Balaban J connectivity index is 1.54. The highest BCUT2D eigenvalue weighted by molar-refractivity contribution is 14.1. The van der Waals surface area contributed by atoms with Crippen molar-refractivity contribution in [1.82, 2.24) is 4.90 Å². The van der Waals surface area contributed by atoms with Crippen molar-refractivity contribution in [3.8, 4) is 11.5 Å². The van der Waals surface area contributed by atoms with Gasteiger partial charge in [-0.3, -0.25) is 14.5 Å². The molecule has 0 aliphatic carbocycles. The van der Waals surface area contributed by atoms with Crippen LogP contribution in [0.15, 0.2) is 71.6 Å². The molecular formula is C26H22INO4S. The lowest BCUT2D eigenvalue weighted by atomic mass is 10.1. The van der Waals surface area contributed by atoms with Crippen LogP contribution in [-0.2, 0) is 17.9 Å². The van der Waals surface area contributed by atoms with E-state index in [0.717, 1.165) is 37.6 Å². The number of aryl methyl sites for hydroxylation is 1. The van der Waals surface area contributed by atoms with Crippen LogP contribution in [0.5, 0.6) is 11.5 Å². The maximum atomic E-state index is 13.0. The molecule has 7 heteroatoms. The molecule has 0 radical (unpaired) electrons. The molecule has 0 bridgehead atoms. The minimum atomic E-state index is -0.286. The van der Waals surface area contributed by atoms with Gasteiger partial charge in [-0.1, -0.05) is 54.6 Å². The van der Waals surface area contributed by atoms with Crippen LogP contribution in [0.3, 0.4) is 0 Å². The monoisotopic (exact) mass is 571 g/mol. The van der Waals surface area contributed by atoms with Gasteiger partial charge in [0.1, 0.15) is 6.61 Å². The molecule has 1 heterocycles. The zero-order valence-corrected chi connectivity index (χ0v) is 21.2. The molecule has 1 aliphatic rings. The fourth-order valence-electron chi connectivity index (χ4n) is 3.44. The Labute approximate surface area is 210 Å². The largest absolute Gasteiger partial charge is 0.493 e. The van der Waals surface area contributed by atoms with Gasteiger partial charge in [0, 0.05) is 0 Å². The van der Waals surface area contributed by atoms with Crippen LogP contribution in [0, 0.1) is 10.5 Å². The molecule has 0 N–H and O–H groups in total. The average Bonchev–Trinajstić information content (AvgIpc) is 3.07. The number of hydrogen-bond acceptors (Lipinski definition) is 5. The Bertz CT molecular complexity index is 1230. The van der Waals surface area contributed by atoms with E-state index in [0.29, 0.717) is 23.0 Å². The van der Waals surface area contributed by atoms with Gasteiger partial charge >= 0.3 is 0 Å². The van der Waals surface area contributed by atoms with E-state index >= 15 is 0 Å². The molecule has 0 atom stereocenters. The van der Waals surface area contributed by atoms with Crippen LogP contribution in [0.2, 0.25) is 0 Å². The molecule has 168 valence electrons. The highest BCUT2D eigenvalue weighted by Crippen LogP contribution is 2.38. The number of halogens is 1. The fraction of sp³-hybridized carbons (Fsp3) is 0.154. The Kier molecular flexibility index (Phi) is 7.39. The molecule has 3 aromatic rings. The fourth-order valence-corrected chi connectivity index (χ4v) is 5.06. The van der Waals surface area contributed by atoms with Crippen molar-refractivity contribution in [3.05, 3.63) is 97.5 Å². The molecule has 2 amide bonds. The molecule has 33 heavy (non-hydrogen) atoms. The Hall–Kier alpha value is -2.78. The summed E-state index contributed by atoms with van der Waals surface area (Å²) in [5.74, 6) is 0.932. The van der Waals surface area contributed by atoms with E-state index in [2.05, 4.69) is 22.6 Å². The van der Waals surface area contributed by atoms with Crippen molar-refractivity contribution in [2.75, 3.05) is 7.11 Å². The molecule has 0 saturated carbocycles. The first-order valence-electron chi connectivity index (χ1n) is 10.3. The maximum absolute atomic E-state index is 13.0. The lowest BCUT2D eigenvalue weighted by Gasteiger charge is -2.14. The number of ether oxygens (including phenoxy) is 2. The third-order valence-electron chi connectivity index (χ3n) is 5.24. The highest BCUT2D eigenvalue weighted by atomic mass is 127. The number of thioether (sulfide) groups is 1. The molecule has 5 nitrogen and oxygen atoms in total. The summed E-state index contributed by atoms with van der Waals surface area (Å²) in [4.78, 5) is 27.2. The van der Waals surface area contributed by atoms with Gasteiger partial charge in [0.2, 0.25) is 0 Å². The summed E-state index contributed by atoms with van der Waals surface area (Å²) in [5.41, 5.74) is 3.83. The van der Waals surface area contributed by atoms with Gasteiger partial charge < -0.3 is 9.47 Å². The minimum absolute atomic E-state index is 0.265. The predicted octanol–water partition coefficient (Wildman–Crippen LogP) is 6.42. The lowest BCUT2D eigenvalue weighted by Crippen LogP contribution is -2.27. The van der Waals surface area contributed by atoms with Crippen LogP contribution in [0.1, 0.15) is 22.3 Å². The van der Waals surface area contributed by atoms with Gasteiger partial charge in [0.05, 0.1) is 22.1 Å². The topological polar surface area (TPSA) is 55.8 Å². The van der Waals surface area contributed by atoms with Gasteiger partial charge in [0.15, 0.2) is 11.5 Å². The summed E-state index contributed by atoms with van der Waals surface area (Å²) >= 11 is 3.15. The first kappa shape index (κ1) is 23.4. The highest BCUT2D eigenvalue weighted by Gasteiger charge is 2.35. The Morgan fingerprint density at radius 2 is 1.76 bits per heavy atom. The van der Waals surface area contributed by atoms with Crippen molar-refractivity contribution in [3.63, 3.8) is 0 Å². The van der Waals surface area contributed by atoms with Crippen LogP contribution in [0.4, 0.5) is 4.79 Å². The molecule has 0 spiro atoms. The first-order chi connectivity index (χ1) is 16.0. The lowest BCUT2D eigenvalue weighted by molar-refractivity contribution is -0.123. The minimum Gasteiger partial charge on any atom is -0.493 e. The standard InChI is InChI=1S/C26H22INO4S/c1-17-8-6-7-11-20(17)15-28-25(29)23(33-26(28)30)14-19-12-21(27)24(22(13-19)31-2)32-16-18-9-4-3-5-10-18/h3-14H,15-16H2,1-2H3/b23-14-. The van der Waals surface area contributed by atoms with E-state index in [9.17, 15) is 9.59 Å². The van der Waals surface area contributed by atoms with E-state index < -0.39 is 0 Å². The van der Waals surface area contributed by atoms with Crippen LogP contribution in [-0.4, -0.2) is 23.2 Å². The first-order valence-corrected chi connectivity index (χ1v) is 12.2. The van der Waals surface area contributed by atoms with Crippen LogP contribution >= 0.6 is 34.4 Å². The second-order valence-corrected chi connectivity index (χ2v) is 9.66. The second-order valence-electron chi connectivity index (χ2n) is 7.50. The molecule has 0 unspecified atom stereocenters. The summed E-state index contributed by atoms with van der Waals surface area (Å²) in [5, 5.41) is -0.265. The Morgan fingerprint density at radius 1 is 1.03 bits per heavy atom. The number of hydrogen-bond donors (Lipinski definition) is 0. The summed E-state index contributed by atoms with van der Waals surface area (Å²) in [6.45, 7) is 2.66. The van der Waals surface area contributed by atoms with E-state index in [1.54, 1.807) is 13.2 Å². The van der Waals surface area contributed by atoms with Crippen molar-refractivity contribution in [1.29, 1.82) is 0 Å². The molecule has 4 rings (SSSR count). The normalized spacial score (nSPS) is 14.8. The third-order valence-corrected chi connectivity index (χ3v) is 6.95. The number of carbonyl (C=O) groups excluding carboxylic acids is 2. The summed E-state index contributed by atoms with van der Waals surface area (Å²) in [7, 11) is 1.58. The van der Waals surface area contributed by atoms with E-state index in [1.165, 1.54) is 4.90 Å². The Morgan fingerprint density at radius 3 is 2.48 bits per heavy atom. The van der Waals surface area contributed by atoms with Gasteiger partial charge in [-0.25, -0.2) is 0 Å². The number of rotatable bonds is 7.